The summed E-state index contributed by atoms with van der Waals surface area (Å²) in [5, 5.41) is 0. The summed E-state index contributed by atoms with van der Waals surface area (Å²) >= 11 is 3.33. The van der Waals surface area contributed by atoms with Gasteiger partial charge in [-0.15, -0.1) is 0 Å². The topological polar surface area (TPSA) is 97.1 Å². The smallest absolute Gasteiger partial charge is 0.265 e. The number of hydrogen-bond acceptors (Lipinski definition) is 5. The molecule has 8 heteroatoms. The van der Waals surface area contributed by atoms with Crippen molar-refractivity contribution in [1.29, 1.82) is 0 Å². The summed E-state index contributed by atoms with van der Waals surface area (Å²) < 4.78 is 28.1. The lowest BCUT2D eigenvalue weighted by Gasteiger charge is -2.12. The zero-order chi connectivity index (χ0) is 14.8. The van der Waals surface area contributed by atoms with Crippen LogP contribution in [0.5, 0.6) is 0 Å². The third kappa shape index (κ3) is 3.09. The monoisotopic (exact) mass is 356 g/mol. The van der Waals surface area contributed by atoms with Gasteiger partial charge in [-0.3, -0.25) is 4.72 Å². The number of hydrazine groups is 1. The Hall–Kier alpha value is -1.64. The van der Waals surface area contributed by atoms with Crippen LogP contribution >= 0.6 is 15.9 Å². The molecule has 1 heterocycles. The Balaban J connectivity index is 2.41. The summed E-state index contributed by atoms with van der Waals surface area (Å²) in [7, 11) is -3.76. The molecule has 0 unspecified atom stereocenters. The first-order valence-electron chi connectivity index (χ1n) is 5.64. The predicted molar refractivity (Wildman–Crippen MR) is 81.7 cm³/mol. The molecule has 1 aromatic heterocycles. The van der Waals surface area contributed by atoms with E-state index in [1.807, 2.05) is 13.0 Å². The molecule has 20 heavy (non-hydrogen) atoms. The molecule has 2 rings (SSSR count). The summed E-state index contributed by atoms with van der Waals surface area (Å²) in [6.07, 6.45) is 1.46. The molecular formula is C12H13BrN4O2S. The van der Waals surface area contributed by atoms with Gasteiger partial charge in [0.15, 0.2) is 5.82 Å². The Bertz CT molecular complexity index is 734. The van der Waals surface area contributed by atoms with Gasteiger partial charge in [0.25, 0.3) is 10.0 Å². The molecular weight excluding hydrogens is 344 g/mol. The minimum absolute atomic E-state index is 0.00943. The van der Waals surface area contributed by atoms with Crippen LogP contribution in [0.4, 0.5) is 11.5 Å². The second-order valence-corrected chi connectivity index (χ2v) is 6.63. The number of halogens is 1. The maximum absolute atomic E-state index is 12.4. The summed E-state index contributed by atoms with van der Waals surface area (Å²) in [5.74, 6) is 5.37. The first kappa shape index (κ1) is 14.8. The normalized spacial score (nSPS) is 11.2. The van der Waals surface area contributed by atoms with E-state index in [1.54, 1.807) is 12.1 Å². The van der Waals surface area contributed by atoms with Crippen molar-refractivity contribution in [2.45, 2.75) is 11.8 Å². The van der Waals surface area contributed by atoms with Crippen LogP contribution in [-0.4, -0.2) is 13.4 Å². The number of anilines is 2. The lowest BCUT2D eigenvalue weighted by molar-refractivity contribution is 0.601. The lowest BCUT2D eigenvalue weighted by atomic mass is 10.2. The summed E-state index contributed by atoms with van der Waals surface area (Å²) in [6.45, 7) is 1.81. The number of aryl methyl sites for hydroxylation is 1. The Labute approximate surface area is 125 Å². The van der Waals surface area contributed by atoms with Gasteiger partial charge in [-0.05, 0) is 42.8 Å². The molecule has 4 N–H and O–H groups in total. The Kier molecular flexibility index (Phi) is 4.26. The van der Waals surface area contributed by atoms with Crippen molar-refractivity contribution in [1.82, 2.24) is 4.98 Å². The molecule has 2 aromatic rings. The number of pyridine rings is 1. The van der Waals surface area contributed by atoms with Crippen molar-refractivity contribution in [2.75, 3.05) is 10.1 Å². The Morgan fingerprint density at radius 2 is 2.05 bits per heavy atom. The number of nitrogens with one attached hydrogen (secondary N) is 2. The van der Waals surface area contributed by atoms with E-state index in [-0.39, 0.29) is 10.7 Å². The molecule has 0 aliphatic rings. The third-order valence-electron chi connectivity index (χ3n) is 2.63. The second-order valence-electron chi connectivity index (χ2n) is 4.06. The van der Waals surface area contributed by atoms with Crippen molar-refractivity contribution in [2.24, 2.45) is 5.84 Å². The highest BCUT2D eigenvalue weighted by Gasteiger charge is 2.19. The largest absolute Gasteiger partial charge is 0.307 e. The average molecular weight is 357 g/mol. The maximum Gasteiger partial charge on any atom is 0.265 e. The Morgan fingerprint density at radius 3 is 2.70 bits per heavy atom. The molecule has 0 amide bonds. The van der Waals surface area contributed by atoms with E-state index in [0.29, 0.717) is 5.69 Å². The molecule has 0 spiro atoms. The number of sulfonamides is 1. The standard InChI is InChI=1S/C12H13BrN4O2S/c1-8-7-9(13)4-5-10(8)17-20(18,19)11-3-2-6-15-12(11)16-14/h2-7,17H,14H2,1H3,(H,15,16). The summed E-state index contributed by atoms with van der Waals surface area (Å²) in [4.78, 5) is 3.87. The number of nitrogens with two attached hydrogens (primary N) is 1. The number of benzene rings is 1. The molecule has 0 saturated carbocycles. The van der Waals surface area contributed by atoms with Gasteiger partial charge in [-0.25, -0.2) is 19.2 Å². The zero-order valence-electron chi connectivity index (χ0n) is 10.6. The van der Waals surface area contributed by atoms with Crippen LogP contribution in [0.15, 0.2) is 45.9 Å². The molecule has 0 bridgehead atoms. The highest BCUT2D eigenvalue weighted by Crippen LogP contribution is 2.25. The van der Waals surface area contributed by atoms with Crippen LogP contribution in [0.2, 0.25) is 0 Å². The van der Waals surface area contributed by atoms with E-state index in [1.165, 1.54) is 18.3 Å². The fourth-order valence-electron chi connectivity index (χ4n) is 1.66. The minimum atomic E-state index is -3.76. The number of rotatable bonds is 4. The van der Waals surface area contributed by atoms with Gasteiger partial charge in [0.1, 0.15) is 4.90 Å². The first-order chi connectivity index (χ1) is 9.44. The van der Waals surface area contributed by atoms with Crippen molar-refractivity contribution in [3.63, 3.8) is 0 Å². The van der Waals surface area contributed by atoms with Crippen LogP contribution < -0.4 is 16.0 Å². The van der Waals surface area contributed by atoms with Crippen molar-refractivity contribution < 1.29 is 8.42 Å². The zero-order valence-corrected chi connectivity index (χ0v) is 13.0. The molecule has 6 nitrogen and oxygen atoms in total. The Morgan fingerprint density at radius 1 is 1.30 bits per heavy atom. The molecule has 0 atom stereocenters. The average Bonchev–Trinajstić information content (AvgIpc) is 2.42. The number of hydrogen-bond donors (Lipinski definition) is 3. The number of nitrogen functional groups attached to an aromatic ring is 1. The fourth-order valence-corrected chi connectivity index (χ4v) is 3.39. The quantitative estimate of drug-likeness (QED) is 0.576. The van der Waals surface area contributed by atoms with Crippen LogP contribution in [0.3, 0.4) is 0 Å². The van der Waals surface area contributed by atoms with Gasteiger partial charge in [0.05, 0.1) is 5.69 Å². The van der Waals surface area contributed by atoms with Gasteiger partial charge in [-0.2, -0.15) is 0 Å². The number of nitrogens with zero attached hydrogens (tertiary/aromatic N) is 1. The molecule has 0 radical (unpaired) electrons. The van der Waals surface area contributed by atoms with E-state index in [2.05, 4.69) is 31.1 Å². The van der Waals surface area contributed by atoms with E-state index in [4.69, 9.17) is 5.84 Å². The molecule has 0 fully saturated rings. The number of aromatic nitrogens is 1. The van der Waals surface area contributed by atoms with Gasteiger partial charge >= 0.3 is 0 Å². The van der Waals surface area contributed by atoms with Crippen LogP contribution in [0.25, 0.3) is 0 Å². The van der Waals surface area contributed by atoms with Crippen LogP contribution in [0, 0.1) is 6.92 Å². The van der Waals surface area contributed by atoms with Crippen LogP contribution in [-0.2, 0) is 10.0 Å². The molecule has 1 aromatic carbocycles. The first-order valence-corrected chi connectivity index (χ1v) is 7.92. The second kappa shape index (κ2) is 5.78. The predicted octanol–water partition coefficient (Wildman–Crippen LogP) is 2.24. The van der Waals surface area contributed by atoms with E-state index < -0.39 is 10.0 Å². The molecule has 0 saturated heterocycles. The van der Waals surface area contributed by atoms with E-state index in [9.17, 15) is 8.42 Å². The molecule has 0 aliphatic carbocycles. The van der Waals surface area contributed by atoms with E-state index >= 15 is 0 Å². The van der Waals surface area contributed by atoms with Crippen molar-refractivity contribution in [3.05, 3.63) is 46.6 Å². The fraction of sp³-hybridized carbons (Fsp3) is 0.0833. The lowest BCUT2D eigenvalue weighted by Crippen LogP contribution is -2.18. The van der Waals surface area contributed by atoms with Gasteiger partial charge in [0.2, 0.25) is 0 Å². The third-order valence-corrected chi connectivity index (χ3v) is 4.52. The van der Waals surface area contributed by atoms with Crippen molar-refractivity contribution in [3.8, 4) is 0 Å². The molecule has 0 aliphatic heterocycles. The highest BCUT2D eigenvalue weighted by molar-refractivity contribution is 9.10. The highest BCUT2D eigenvalue weighted by atomic mass is 79.9. The van der Waals surface area contributed by atoms with Gasteiger partial charge < -0.3 is 5.43 Å². The summed E-state index contributed by atoms with van der Waals surface area (Å²) in [5.41, 5.74) is 3.57. The maximum atomic E-state index is 12.4. The minimum Gasteiger partial charge on any atom is -0.307 e. The van der Waals surface area contributed by atoms with Gasteiger partial charge in [-0.1, -0.05) is 15.9 Å². The molecule has 106 valence electrons. The van der Waals surface area contributed by atoms with Crippen molar-refractivity contribution >= 4 is 37.5 Å². The van der Waals surface area contributed by atoms with Crippen LogP contribution in [0.1, 0.15) is 5.56 Å². The SMILES string of the molecule is Cc1cc(Br)ccc1NS(=O)(=O)c1cccnc1NN. The summed E-state index contributed by atoms with van der Waals surface area (Å²) in [6, 6.07) is 8.23. The van der Waals surface area contributed by atoms with E-state index in [0.717, 1.165) is 10.0 Å². The van der Waals surface area contributed by atoms with Gasteiger partial charge in [0, 0.05) is 10.7 Å².